The summed E-state index contributed by atoms with van der Waals surface area (Å²) in [6, 6.07) is 10.1. The van der Waals surface area contributed by atoms with E-state index in [0.717, 1.165) is 16.0 Å². The second-order valence-electron chi connectivity index (χ2n) is 3.51. The van der Waals surface area contributed by atoms with E-state index in [2.05, 4.69) is 31.2 Å². The molecule has 5 heteroatoms. The molecule has 0 unspecified atom stereocenters. The van der Waals surface area contributed by atoms with Crippen molar-refractivity contribution in [1.82, 2.24) is 9.97 Å². The fourth-order valence-electron chi connectivity index (χ4n) is 1.49. The Morgan fingerprint density at radius 2 is 1.94 bits per heavy atom. The highest BCUT2D eigenvalue weighted by Crippen LogP contribution is 2.28. The second kappa shape index (κ2) is 5.14. The molecule has 0 saturated heterocycles. The molecular formula is C12H13BrN4. The third-order valence-corrected chi connectivity index (χ3v) is 2.97. The van der Waals surface area contributed by atoms with Crippen LogP contribution in [0.3, 0.4) is 0 Å². The van der Waals surface area contributed by atoms with E-state index < -0.39 is 0 Å². The first-order valence-corrected chi connectivity index (χ1v) is 6.00. The summed E-state index contributed by atoms with van der Waals surface area (Å²) in [7, 11) is 3.78. The zero-order valence-corrected chi connectivity index (χ0v) is 11.3. The number of hydrogen-bond acceptors (Lipinski definition) is 4. The second-order valence-corrected chi connectivity index (χ2v) is 4.36. The zero-order chi connectivity index (χ0) is 12.3. The molecule has 2 aromatic rings. The number of benzene rings is 1. The lowest BCUT2D eigenvalue weighted by molar-refractivity contribution is 1.06. The maximum atomic E-state index is 4.42. The average Bonchev–Trinajstić information content (AvgIpc) is 2.39. The van der Waals surface area contributed by atoms with Crippen LogP contribution >= 0.6 is 15.9 Å². The van der Waals surface area contributed by atoms with Gasteiger partial charge >= 0.3 is 0 Å². The standard InChI is InChI=1S/C12H13BrN4/c1-14-12-15-8-10(13)11(16-12)17(2)9-6-4-3-5-7-9/h3-8H,1-2H3,(H,14,15,16). The number of nitrogens with one attached hydrogen (secondary N) is 1. The van der Waals surface area contributed by atoms with Gasteiger partial charge in [0.25, 0.3) is 0 Å². The van der Waals surface area contributed by atoms with Crippen LogP contribution in [0.1, 0.15) is 0 Å². The van der Waals surface area contributed by atoms with Crippen molar-refractivity contribution in [3.8, 4) is 0 Å². The number of rotatable bonds is 3. The summed E-state index contributed by atoms with van der Waals surface area (Å²) < 4.78 is 0.864. The van der Waals surface area contributed by atoms with Crippen molar-refractivity contribution in [2.24, 2.45) is 0 Å². The van der Waals surface area contributed by atoms with Gasteiger partial charge in [-0.15, -0.1) is 0 Å². The number of nitrogens with zero attached hydrogens (tertiary/aromatic N) is 3. The van der Waals surface area contributed by atoms with Crippen molar-refractivity contribution in [2.45, 2.75) is 0 Å². The van der Waals surface area contributed by atoms with E-state index in [0.29, 0.717) is 5.95 Å². The van der Waals surface area contributed by atoms with Crippen molar-refractivity contribution in [2.75, 3.05) is 24.3 Å². The lowest BCUT2D eigenvalue weighted by Crippen LogP contribution is -2.13. The van der Waals surface area contributed by atoms with Crippen LogP contribution in [-0.2, 0) is 0 Å². The van der Waals surface area contributed by atoms with Gasteiger partial charge in [-0.1, -0.05) is 18.2 Å². The van der Waals surface area contributed by atoms with Gasteiger partial charge < -0.3 is 10.2 Å². The van der Waals surface area contributed by atoms with Crippen molar-refractivity contribution in [1.29, 1.82) is 0 Å². The summed E-state index contributed by atoms with van der Waals surface area (Å²) in [5.41, 5.74) is 1.08. The van der Waals surface area contributed by atoms with Gasteiger partial charge in [0.2, 0.25) is 5.95 Å². The van der Waals surface area contributed by atoms with Crippen molar-refractivity contribution < 1.29 is 0 Å². The van der Waals surface area contributed by atoms with Gasteiger partial charge in [0.05, 0.1) is 4.47 Å². The molecular weight excluding hydrogens is 280 g/mol. The van der Waals surface area contributed by atoms with Crippen molar-refractivity contribution in [3.63, 3.8) is 0 Å². The van der Waals surface area contributed by atoms with Gasteiger partial charge in [-0.05, 0) is 28.1 Å². The van der Waals surface area contributed by atoms with E-state index in [1.165, 1.54) is 0 Å². The van der Waals surface area contributed by atoms with E-state index in [1.54, 1.807) is 13.2 Å². The van der Waals surface area contributed by atoms with Crippen molar-refractivity contribution >= 4 is 33.4 Å². The molecule has 1 N–H and O–H groups in total. The van der Waals surface area contributed by atoms with E-state index in [-0.39, 0.29) is 0 Å². The maximum Gasteiger partial charge on any atom is 0.224 e. The van der Waals surface area contributed by atoms with Crippen LogP contribution in [0.4, 0.5) is 17.5 Å². The summed E-state index contributed by atoms with van der Waals surface area (Å²) >= 11 is 3.46. The molecule has 17 heavy (non-hydrogen) atoms. The summed E-state index contributed by atoms with van der Waals surface area (Å²) in [5, 5.41) is 2.93. The molecule has 1 aromatic heterocycles. The molecule has 88 valence electrons. The molecule has 0 saturated carbocycles. The summed E-state index contributed by atoms with van der Waals surface area (Å²) in [6.45, 7) is 0. The molecule has 1 heterocycles. The molecule has 0 amide bonds. The van der Waals surface area contributed by atoms with Crippen LogP contribution in [0.25, 0.3) is 0 Å². The van der Waals surface area contributed by atoms with E-state index in [9.17, 15) is 0 Å². The summed E-state index contributed by atoms with van der Waals surface area (Å²) in [6.07, 6.45) is 1.74. The Hall–Kier alpha value is -1.62. The third kappa shape index (κ3) is 2.55. The Bertz CT molecular complexity index is 501. The largest absolute Gasteiger partial charge is 0.357 e. The Labute approximate surface area is 109 Å². The number of para-hydroxylation sites is 1. The first-order valence-electron chi connectivity index (χ1n) is 5.21. The first-order chi connectivity index (χ1) is 8.22. The van der Waals surface area contributed by atoms with Gasteiger partial charge in [-0.25, -0.2) is 4.98 Å². The van der Waals surface area contributed by atoms with E-state index >= 15 is 0 Å². The zero-order valence-electron chi connectivity index (χ0n) is 9.68. The molecule has 4 nitrogen and oxygen atoms in total. The first kappa shape index (κ1) is 11.9. The summed E-state index contributed by atoms with van der Waals surface area (Å²) in [5.74, 6) is 1.43. The number of halogens is 1. The molecule has 2 rings (SSSR count). The topological polar surface area (TPSA) is 41.1 Å². The summed E-state index contributed by atoms with van der Waals surface area (Å²) in [4.78, 5) is 10.6. The highest BCUT2D eigenvalue weighted by molar-refractivity contribution is 9.10. The molecule has 0 aliphatic rings. The molecule has 0 aliphatic heterocycles. The fourth-order valence-corrected chi connectivity index (χ4v) is 1.94. The minimum Gasteiger partial charge on any atom is -0.357 e. The van der Waals surface area contributed by atoms with E-state index in [1.807, 2.05) is 42.3 Å². The predicted molar refractivity (Wildman–Crippen MR) is 73.8 cm³/mol. The quantitative estimate of drug-likeness (QED) is 0.944. The lowest BCUT2D eigenvalue weighted by Gasteiger charge is -2.19. The average molecular weight is 293 g/mol. The van der Waals surface area contributed by atoms with Crippen LogP contribution in [0, 0.1) is 0 Å². The molecule has 0 atom stereocenters. The van der Waals surface area contributed by atoms with Gasteiger partial charge in [-0.2, -0.15) is 4.98 Å². The van der Waals surface area contributed by atoms with Crippen LogP contribution in [0.2, 0.25) is 0 Å². The Morgan fingerprint density at radius 3 is 2.59 bits per heavy atom. The highest BCUT2D eigenvalue weighted by atomic mass is 79.9. The molecule has 0 spiro atoms. The SMILES string of the molecule is CNc1ncc(Br)c(N(C)c2ccccc2)n1. The third-order valence-electron chi connectivity index (χ3n) is 2.41. The molecule has 0 radical (unpaired) electrons. The van der Waals surface area contributed by atoms with Gasteiger partial charge in [0, 0.05) is 26.0 Å². The molecule has 0 fully saturated rings. The van der Waals surface area contributed by atoms with Gasteiger partial charge in [0.15, 0.2) is 5.82 Å². The van der Waals surface area contributed by atoms with Crippen LogP contribution in [-0.4, -0.2) is 24.1 Å². The fraction of sp³-hybridized carbons (Fsp3) is 0.167. The Balaban J connectivity index is 2.40. The smallest absolute Gasteiger partial charge is 0.224 e. The predicted octanol–water partition coefficient (Wildman–Crippen LogP) is 3.05. The lowest BCUT2D eigenvalue weighted by atomic mass is 10.3. The van der Waals surface area contributed by atoms with Crippen molar-refractivity contribution in [3.05, 3.63) is 41.0 Å². The highest BCUT2D eigenvalue weighted by Gasteiger charge is 2.10. The Morgan fingerprint density at radius 1 is 1.24 bits per heavy atom. The molecule has 0 aliphatic carbocycles. The normalized spacial score (nSPS) is 10.1. The minimum absolute atomic E-state index is 0.603. The van der Waals surface area contributed by atoms with Gasteiger partial charge in [-0.3, -0.25) is 0 Å². The maximum absolute atomic E-state index is 4.42. The molecule has 0 bridgehead atoms. The Kier molecular flexibility index (Phi) is 3.58. The minimum atomic E-state index is 0.603. The molecule has 1 aromatic carbocycles. The van der Waals surface area contributed by atoms with Gasteiger partial charge in [0.1, 0.15) is 0 Å². The van der Waals surface area contributed by atoms with E-state index in [4.69, 9.17) is 0 Å². The number of anilines is 3. The monoisotopic (exact) mass is 292 g/mol. The van der Waals surface area contributed by atoms with Crippen LogP contribution < -0.4 is 10.2 Å². The van der Waals surface area contributed by atoms with Crippen LogP contribution in [0.15, 0.2) is 41.0 Å². The van der Waals surface area contributed by atoms with Crippen LogP contribution in [0.5, 0.6) is 0 Å². The number of hydrogen-bond donors (Lipinski definition) is 1. The number of aromatic nitrogens is 2.